The van der Waals surface area contributed by atoms with Crippen molar-refractivity contribution in [3.05, 3.63) is 0 Å². The van der Waals surface area contributed by atoms with Crippen molar-refractivity contribution in [3.63, 3.8) is 0 Å². The standard InChI is InChI=1S/C11H24N/c1-3-5-7-9-11-12-10-8-6-4-2/h3-11H2,1-2H3. The molecule has 0 N–H and O–H groups in total. The van der Waals surface area contributed by atoms with Crippen LogP contribution in [-0.4, -0.2) is 13.1 Å². The van der Waals surface area contributed by atoms with Crippen molar-refractivity contribution in [3.8, 4) is 0 Å². The van der Waals surface area contributed by atoms with Gasteiger partial charge in [-0.1, -0.05) is 46.0 Å². The highest BCUT2D eigenvalue weighted by Gasteiger charge is 1.89. The summed E-state index contributed by atoms with van der Waals surface area (Å²) in [4.78, 5) is 0. The van der Waals surface area contributed by atoms with E-state index in [2.05, 4.69) is 19.2 Å². The summed E-state index contributed by atoms with van der Waals surface area (Å²) >= 11 is 0. The average Bonchev–Trinajstić information content (AvgIpc) is 2.10. The van der Waals surface area contributed by atoms with Gasteiger partial charge in [-0.05, 0) is 12.8 Å². The molecule has 0 aliphatic rings. The Labute approximate surface area is 77.9 Å². The smallest absolute Gasteiger partial charge is 0.0133 e. The van der Waals surface area contributed by atoms with E-state index in [0.29, 0.717) is 0 Å². The van der Waals surface area contributed by atoms with Crippen LogP contribution in [0.25, 0.3) is 0 Å². The van der Waals surface area contributed by atoms with E-state index < -0.39 is 0 Å². The zero-order valence-electron chi connectivity index (χ0n) is 8.81. The minimum atomic E-state index is 1.10. The molecule has 0 amide bonds. The predicted molar refractivity (Wildman–Crippen MR) is 55.5 cm³/mol. The number of nitrogens with zero attached hydrogens (tertiary/aromatic N) is 1. The second-order valence-corrected chi connectivity index (χ2v) is 3.44. The van der Waals surface area contributed by atoms with Crippen LogP contribution in [0.5, 0.6) is 0 Å². The normalized spacial score (nSPS) is 10.5. The van der Waals surface area contributed by atoms with Gasteiger partial charge in [0.05, 0.1) is 0 Å². The molecule has 0 spiro atoms. The summed E-state index contributed by atoms with van der Waals surface area (Å²) in [6, 6.07) is 0. The molecular weight excluding hydrogens is 146 g/mol. The quantitative estimate of drug-likeness (QED) is 0.471. The molecule has 0 heterocycles. The summed E-state index contributed by atoms with van der Waals surface area (Å²) in [5.74, 6) is 0. The third kappa shape index (κ3) is 9.96. The first kappa shape index (κ1) is 12.0. The number of unbranched alkanes of at least 4 members (excludes halogenated alkanes) is 5. The first-order chi connectivity index (χ1) is 5.91. The SMILES string of the molecule is CCCCCC[N]CCCCC. The van der Waals surface area contributed by atoms with E-state index in [-0.39, 0.29) is 0 Å². The van der Waals surface area contributed by atoms with Crippen molar-refractivity contribution >= 4 is 0 Å². The van der Waals surface area contributed by atoms with Gasteiger partial charge in [0.15, 0.2) is 0 Å². The lowest BCUT2D eigenvalue weighted by Gasteiger charge is -2.00. The van der Waals surface area contributed by atoms with Gasteiger partial charge >= 0.3 is 0 Å². The molecule has 0 aromatic rings. The monoisotopic (exact) mass is 170 g/mol. The van der Waals surface area contributed by atoms with Crippen molar-refractivity contribution in [1.82, 2.24) is 5.32 Å². The topological polar surface area (TPSA) is 14.1 Å². The summed E-state index contributed by atoms with van der Waals surface area (Å²) in [5.41, 5.74) is 0. The maximum absolute atomic E-state index is 4.48. The van der Waals surface area contributed by atoms with Crippen LogP contribution in [0.3, 0.4) is 0 Å². The van der Waals surface area contributed by atoms with Crippen LogP contribution in [-0.2, 0) is 0 Å². The fourth-order valence-corrected chi connectivity index (χ4v) is 1.24. The molecule has 12 heavy (non-hydrogen) atoms. The maximum atomic E-state index is 4.48. The fraction of sp³-hybridized carbons (Fsp3) is 1.00. The first-order valence-electron chi connectivity index (χ1n) is 5.55. The Morgan fingerprint density at radius 2 is 1.17 bits per heavy atom. The summed E-state index contributed by atoms with van der Waals surface area (Å²) < 4.78 is 0. The van der Waals surface area contributed by atoms with Gasteiger partial charge in [-0.3, -0.25) is 0 Å². The molecule has 0 aliphatic carbocycles. The molecule has 0 aliphatic heterocycles. The van der Waals surface area contributed by atoms with Crippen LogP contribution in [0.2, 0.25) is 0 Å². The molecule has 0 aromatic carbocycles. The minimum absolute atomic E-state index is 1.10. The fourth-order valence-electron chi connectivity index (χ4n) is 1.24. The lowest BCUT2D eigenvalue weighted by Crippen LogP contribution is -2.08. The molecule has 0 atom stereocenters. The van der Waals surface area contributed by atoms with Crippen molar-refractivity contribution in [1.29, 1.82) is 0 Å². The molecule has 73 valence electrons. The summed E-state index contributed by atoms with van der Waals surface area (Å²) in [7, 11) is 0. The third-order valence-corrected chi connectivity index (χ3v) is 2.09. The van der Waals surface area contributed by atoms with Gasteiger partial charge in [0.1, 0.15) is 0 Å². The van der Waals surface area contributed by atoms with Crippen LogP contribution in [0.15, 0.2) is 0 Å². The van der Waals surface area contributed by atoms with Gasteiger partial charge < -0.3 is 0 Å². The average molecular weight is 170 g/mol. The van der Waals surface area contributed by atoms with Crippen molar-refractivity contribution in [2.75, 3.05) is 13.1 Å². The van der Waals surface area contributed by atoms with Crippen LogP contribution in [0.1, 0.15) is 58.8 Å². The lowest BCUT2D eigenvalue weighted by molar-refractivity contribution is 0.564. The Kier molecular flexibility index (Phi) is 10.9. The van der Waals surface area contributed by atoms with Crippen molar-refractivity contribution < 1.29 is 0 Å². The highest BCUT2D eigenvalue weighted by Crippen LogP contribution is 1.98. The molecule has 0 aromatic heterocycles. The van der Waals surface area contributed by atoms with E-state index in [4.69, 9.17) is 0 Å². The summed E-state index contributed by atoms with van der Waals surface area (Å²) in [5, 5.41) is 4.48. The zero-order valence-corrected chi connectivity index (χ0v) is 8.81. The Bertz CT molecular complexity index is 61.4. The van der Waals surface area contributed by atoms with Crippen LogP contribution >= 0.6 is 0 Å². The third-order valence-electron chi connectivity index (χ3n) is 2.09. The second-order valence-electron chi connectivity index (χ2n) is 3.44. The molecule has 0 saturated heterocycles. The Hall–Kier alpha value is -0.0400. The van der Waals surface area contributed by atoms with E-state index in [1.54, 1.807) is 0 Å². The second kappa shape index (κ2) is 11.0. The largest absolute Gasteiger partial charge is 0.242 e. The van der Waals surface area contributed by atoms with Crippen LogP contribution in [0, 0.1) is 0 Å². The highest BCUT2D eigenvalue weighted by molar-refractivity contribution is 4.48. The zero-order chi connectivity index (χ0) is 9.07. The maximum Gasteiger partial charge on any atom is 0.0133 e. The van der Waals surface area contributed by atoms with Crippen molar-refractivity contribution in [2.24, 2.45) is 0 Å². The van der Waals surface area contributed by atoms with Gasteiger partial charge in [-0.15, -0.1) is 0 Å². The van der Waals surface area contributed by atoms with Gasteiger partial charge in [0.2, 0.25) is 0 Å². The number of rotatable bonds is 9. The number of hydrogen-bond donors (Lipinski definition) is 0. The van der Waals surface area contributed by atoms with Gasteiger partial charge in [0, 0.05) is 13.1 Å². The molecule has 0 fully saturated rings. The molecule has 0 saturated carbocycles. The molecule has 0 bridgehead atoms. The number of hydrogen-bond acceptors (Lipinski definition) is 0. The Morgan fingerprint density at radius 1 is 0.667 bits per heavy atom. The van der Waals surface area contributed by atoms with Crippen LogP contribution in [0.4, 0.5) is 0 Å². The Morgan fingerprint density at radius 3 is 1.75 bits per heavy atom. The van der Waals surface area contributed by atoms with E-state index in [1.165, 1.54) is 44.9 Å². The van der Waals surface area contributed by atoms with Gasteiger partial charge in [0.25, 0.3) is 0 Å². The molecule has 1 radical (unpaired) electrons. The van der Waals surface area contributed by atoms with Gasteiger partial charge in [-0.2, -0.15) is 0 Å². The van der Waals surface area contributed by atoms with Crippen LogP contribution < -0.4 is 5.32 Å². The van der Waals surface area contributed by atoms with E-state index in [1.807, 2.05) is 0 Å². The molecule has 1 heteroatoms. The molecular formula is C11H24N. The van der Waals surface area contributed by atoms with E-state index in [0.717, 1.165) is 13.1 Å². The van der Waals surface area contributed by atoms with Gasteiger partial charge in [-0.25, -0.2) is 5.32 Å². The molecule has 0 unspecified atom stereocenters. The predicted octanol–water partition coefficient (Wildman–Crippen LogP) is 3.36. The van der Waals surface area contributed by atoms with E-state index >= 15 is 0 Å². The van der Waals surface area contributed by atoms with E-state index in [9.17, 15) is 0 Å². The lowest BCUT2D eigenvalue weighted by atomic mass is 10.2. The molecule has 0 rings (SSSR count). The summed E-state index contributed by atoms with van der Waals surface area (Å²) in [6.07, 6.45) is 9.34. The van der Waals surface area contributed by atoms with Crippen molar-refractivity contribution in [2.45, 2.75) is 58.8 Å². The highest BCUT2D eigenvalue weighted by atomic mass is 14.8. The minimum Gasteiger partial charge on any atom is -0.242 e. The Balaban J connectivity index is 2.73. The first-order valence-corrected chi connectivity index (χ1v) is 5.55. The molecule has 1 nitrogen and oxygen atoms in total. The summed E-state index contributed by atoms with van der Waals surface area (Å²) in [6.45, 7) is 6.68.